The van der Waals surface area contributed by atoms with Gasteiger partial charge in [-0.25, -0.2) is 0 Å². The number of hydrogen-bond acceptors (Lipinski definition) is 4. The van der Waals surface area contributed by atoms with Crippen molar-refractivity contribution in [2.75, 3.05) is 5.32 Å². The van der Waals surface area contributed by atoms with Crippen molar-refractivity contribution in [3.63, 3.8) is 0 Å². The SMILES string of the molecule is O=C(O)[C@H]1CC=CC[C@H]1C(=O)Nc1cnoc1. The first-order chi connectivity index (χ1) is 8.18. The molecular formula is C11H12N2O4. The number of rotatable bonds is 3. The monoisotopic (exact) mass is 236 g/mol. The molecule has 0 aliphatic heterocycles. The number of nitrogens with one attached hydrogen (secondary N) is 1. The summed E-state index contributed by atoms with van der Waals surface area (Å²) in [7, 11) is 0. The highest BCUT2D eigenvalue weighted by Crippen LogP contribution is 2.27. The molecule has 1 aliphatic rings. The van der Waals surface area contributed by atoms with Crippen molar-refractivity contribution in [2.24, 2.45) is 11.8 Å². The molecule has 0 spiro atoms. The van der Waals surface area contributed by atoms with Gasteiger partial charge in [0.25, 0.3) is 0 Å². The molecule has 1 aliphatic carbocycles. The number of carboxylic acid groups (broad SMARTS) is 1. The first-order valence-corrected chi connectivity index (χ1v) is 5.26. The minimum Gasteiger partial charge on any atom is -0.481 e. The van der Waals surface area contributed by atoms with Gasteiger partial charge in [-0.1, -0.05) is 17.3 Å². The van der Waals surface area contributed by atoms with E-state index in [1.165, 1.54) is 12.5 Å². The molecule has 1 amide bonds. The fourth-order valence-corrected chi connectivity index (χ4v) is 1.88. The topological polar surface area (TPSA) is 92.4 Å². The van der Waals surface area contributed by atoms with Crippen LogP contribution in [0.15, 0.2) is 29.1 Å². The van der Waals surface area contributed by atoms with Crippen LogP contribution in [0.2, 0.25) is 0 Å². The highest BCUT2D eigenvalue weighted by atomic mass is 16.5. The number of aliphatic carboxylic acids is 1. The third-order valence-corrected chi connectivity index (χ3v) is 2.79. The average Bonchev–Trinajstić information content (AvgIpc) is 2.81. The molecule has 0 saturated carbocycles. The van der Waals surface area contributed by atoms with Crippen LogP contribution >= 0.6 is 0 Å². The van der Waals surface area contributed by atoms with Crippen molar-refractivity contribution in [1.29, 1.82) is 0 Å². The lowest BCUT2D eigenvalue weighted by molar-refractivity contribution is -0.146. The van der Waals surface area contributed by atoms with Gasteiger partial charge in [0.15, 0.2) is 0 Å². The predicted octanol–water partition coefficient (Wildman–Crippen LogP) is 1.28. The molecule has 0 unspecified atom stereocenters. The summed E-state index contributed by atoms with van der Waals surface area (Å²) in [6.45, 7) is 0. The predicted molar refractivity (Wildman–Crippen MR) is 58.1 cm³/mol. The Bertz CT molecular complexity index is 438. The van der Waals surface area contributed by atoms with Gasteiger partial charge in [-0.2, -0.15) is 0 Å². The molecule has 0 radical (unpaired) electrons. The Balaban J connectivity index is 2.07. The molecule has 0 bridgehead atoms. The third kappa shape index (κ3) is 2.52. The van der Waals surface area contributed by atoms with Gasteiger partial charge in [-0.15, -0.1) is 0 Å². The molecule has 6 heteroatoms. The van der Waals surface area contributed by atoms with Crippen LogP contribution in [0, 0.1) is 11.8 Å². The van der Waals surface area contributed by atoms with Crippen molar-refractivity contribution in [3.05, 3.63) is 24.6 Å². The van der Waals surface area contributed by atoms with Crippen molar-refractivity contribution in [3.8, 4) is 0 Å². The van der Waals surface area contributed by atoms with E-state index in [0.717, 1.165) is 0 Å². The van der Waals surface area contributed by atoms with E-state index in [2.05, 4.69) is 15.0 Å². The molecule has 1 heterocycles. The number of anilines is 1. The molecule has 0 fully saturated rings. The number of carbonyl (C=O) groups is 2. The Labute approximate surface area is 97.3 Å². The van der Waals surface area contributed by atoms with E-state index in [1.807, 2.05) is 6.08 Å². The highest BCUT2D eigenvalue weighted by molar-refractivity contribution is 5.95. The van der Waals surface area contributed by atoms with Crippen LogP contribution < -0.4 is 5.32 Å². The van der Waals surface area contributed by atoms with Gasteiger partial charge in [0.1, 0.15) is 12.0 Å². The summed E-state index contributed by atoms with van der Waals surface area (Å²) >= 11 is 0. The summed E-state index contributed by atoms with van der Waals surface area (Å²) in [6, 6.07) is 0. The van der Waals surface area contributed by atoms with Gasteiger partial charge < -0.3 is 14.9 Å². The average molecular weight is 236 g/mol. The summed E-state index contributed by atoms with van der Waals surface area (Å²) in [5.41, 5.74) is 0.439. The van der Waals surface area contributed by atoms with Crippen molar-refractivity contribution >= 4 is 17.6 Å². The molecular weight excluding hydrogens is 224 g/mol. The van der Waals surface area contributed by atoms with Crippen LogP contribution in [0.3, 0.4) is 0 Å². The number of allylic oxidation sites excluding steroid dienone is 2. The summed E-state index contributed by atoms with van der Waals surface area (Å²) < 4.78 is 4.58. The van der Waals surface area contributed by atoms with E-state index in [4.69, 9.17) is 5.11 Å². The zero-order valence-electron chi connectivity index (χ0n) is 9.00. The lowest BCUT2D eigenvalue weighted by atomic mass is 9.82. The maximum Gasteiger partial charge on any atom is 0.307 e. The summed E-state index contributed by atoms with van der Waals surface area (Å²) in [5.74, 6) is -2.47. The number of hydrogen-bond donors (Lipinski definition) is 2. The molecule has 0 saturated heterocycles. The van der Waals surface area contributed by atoms with Gasteiger partial charge in [0.05, 0.1) is 18.0 Å². The Morgan fingerprint density at radius 3 is 2.65 bits per heavy atom. The second-order valence-corrected chi connectivity index (χ2v) is 3.90. The summed E-state index contributed by atoms with van der Waals surface area (Å²) in [5, 5.41) is 15.1. The van der Waals surface area contributed by atoms with Crippen LogP contribution in [0.1, 0.15) is 12.8 Å². The molecule has 0 aromatic carbocycles. The van der Waals surface area contributed by atoms with E-state index < -0.39 is 17.8 Å². The summed E-state index contributed by atoms with van der Waals surface area (Å²) in [6.07, 6.45) is 7.11. The molecule has 2 rings (SSSR count). The van der Waals surface area contributed by atoms with Gasteiger partial charge in [0, 0.05) is 0 Å². The second kappa shape index (κ2) is 4.82. The van der Waals surface area contributed by atoms with E-state index in [-0.39, 0.29) is 5.91 Å². The Hall–Kier alpha value is -2.11. The number of carbonyl (C=O) groups excluding carboxylic acids is 1. The molecule has 17 heavy (non-hydrogen) atoms. The second-order valence-electron chi connectivity index (χ2n) is 3.90. The zero-order chi connectivity index (χ0) is 12.3. The van der Waals surface area contributed by atoms with Gasteiger partial charge in [0.2, 0.25) is 5.91 Å². The normalized spacial score (nSPS) is 23.3. The lowest BCUT2D eigenvalue weighted by Crippen LogP contribution is -2.34. The number of nitrogens with zero attached hydrogens (tertiary/aromatic N) is 1. The van der Waals surface area contributed by atoms with E-state index in [0.29, 0.717) is 18.5 Å². The van der Waals surface area contributed by atoms with Crippen LogP contribution in [-0.4, -0.2) is 22.1 Å². The highest BCUT2D eigenvalue weighted by Gasteiger charge is 2.34. The Morgan fingerprint density at radius 2 is 2.06 bits per heavy atom. The van der Waals surface area contributed by atoms with Crippen molar-refractivity contribution in [1.82, 2.24) is 5.16 Å². The van der Waals surface area contributed by atoms with Crippen molar-refractivity contribution < 1.29 is 19.2 Å². The maximum absolute atomic E-state index is 11.9. The number of carboxylic acids is 1. The lowest BCUT2D eigenvalue weighted by Gasteiger charge is -2.23. The molecule has 1 aromatic rings. The third-order valence-electron chi connectivity index (χ3n) is 2.79. The quantitative estimate of drug-likeness (QED) is 0.771. The number of amides is 1. The van der Waals surface area contributed by atoms with Crippen LogP contribution in [-0.2, 0) is 9.59 Å². The van der Waals surface area contributed by atoms with Crippen LogP contribution in [0.25, 0.3) is 0 Å². The first kappa shape index (κ1) is 11.4. The van der Waals surface area contributed by atoms with Crippen LogP contribution in [0.5, 0.6) is 0 Å². The standard InChI is InChI=1S/C11H12N2O4/c14-10(13-7-5-12-17-6-7)8-3-1-2-4-9(8)11(15)16/h1-2,5-6,8-9H,3-4H2,(H,13,14)(H,15,16)/t8-,9+/m1/s1. The Morgan fingerprint density at radius 1 is 1.35 bits per heavy atom. The molecule has 90 valence electrons. The fraction of sp³-hybridized carbons (Fsp3) is 0.364. The van der Waals surface area contributed by atoms with E-state index in [1.54, 1.807) is 6.08 Å². The molecule has 2 N–H and O–H groups in total. The minimum absolute atomic E-state index is 0.315. The smallest absolute Gasteiger partial charge is 0.307 e. The minimum atomic E-state index is -0.945. The van der Waals surface area contributed by atoms with E-state index >= 15 is 0 Å². The van der Waals surface area contributed by atoms with Crippen LogP contribution in [0.4, 0.5) is 5.69 Å². The Kier molecular flexibility index (Phi) is 3.22. The maximum atomic E-state index is 11.9. The van der Waals surface area contributed by atoms with E-state index in [9.17, 15) is 9.59 Å². The molecule has 6 nitrogen and oxygen atoms in total. The largest absolute Gasteiger partial charge is 0.481 e. The van der Waals surface area contributed by atoms with Gasteiger partial charge >= 0.3 is 5.97 Å². The fourth-order valence-electron chi connectivity index (χ4n) is 1.88. The van der Waals surface area contributed by atoms with Gasteiger partial charge in [-0.05, 0) is 12.8 Å². The zero-order valence-corrected chi connectivity index (χ0v) is 9.00. The first-order valence-electron chi connectivity index (χ1n) is 5.26. The van der Waals surface area contributed by atoms with Gasteiger partial charge in [-0.3, -0.25) is 9.59 Å². The molecule has 1 aromatic heterocycles. The number of aromatic nitrogens is 1. The molecule has 2 atom stereocenters. The summed E-state index contributed by atoms with van der Waals surface area (Å²) in [4.78, 5) is 22.9. The van der Waals surface area contributed by atoms with Crippen molar-refractivity contribution in [2.45, 2.75) is 12.8 Å².